The molecule has 0 heterocycles. The Morgan fingerprint density at radius 1 is 1.27 bits per heavy atom. The molecular weight excluding hydrogens is 188 g/mol. The second-order valence-electron chi connectivity index (χ2n) is 5.32. The molecule has 1 unspecified atom stereocenters. The third-order valence-electron chi connectivity index (χ3n) is 3.08. The SMILES string of the molecule is CON(C)CCCC(CCN)C(C)(C)C. The van der Waals surface area contributed by atoms with E-state index in [1.54, 1.807) is 7.11 Å². The van der Waals surface area contributed by atoms with Crippen molar-refractivity contribution in [3.8, 4) is 0 Å². The molecule has 0 aromatic rings. The summed E-state index contributed by atoms with van der Waals surface area (Å²) in [7, 11) is 3.68. The van der Waals surface area contributed by atoms with Crippen molar-refractivity contribution in [2.75, 3.05) is 27.2 Å². The number of hydrogen-bond donors (Lipinski definition) is 1. The Balaban J connectivity index is 3.87. The Morgan fingerprint density at radius 2 is 1.87 bits per heavy atom. The van der Waals surface area contributed by atoms with Gasteiger partial charge in [-0.2, -0.15) is 5.06 Å². The minimum atomic E-state index is 0.366. The van der Waals surface area contributed by atoms with E-state index in [1.165, 1.54) is 12.8 Å². The zero-order valence-electron chi connectivity index (χ0n) is 11.0. The number of hydrogen-bond acceptors (Lipinski definition) is 3. The maximum absolute atomic E-state index is 5.65. The lowest BCUT2D eigenvalue weighted by molar-refractivity contribution is -0.110. The lowest BCUT2D eigenvalue weighted by Crippen LogP contribution is -2.25. The summed E-state index contributed by atoms with van der Waals surface area (Å²) in [5.41, 5.74) is 6.01. The summed E-state index contributed by atoms with van der Waals surface area (Å²) in [5.74, 6) is 0.716. The van der Waals surface area contributed by atoms with Crippen LogP contribution in [0.15, 0.2) is 0 Å². The smallest absolute Gasteiger partial charge is 0.0575 e. The van der Waals surface area contributed by atoms with E-state index in [2.05, 4.69) is 20.8 Å². The van der Waals surface area contributed by atoms with Crippen molar-refractivity contribution in [3.05, 3.63) is 0 Å². The molecule has 0 fully saturated rings. The van der Waals surface area contributed by atoms with E-state index in [0.29, 0.717) is 11.3 Å². The zero-order chi connectivity index (χ0) is 11.9. The Morgan fingerprint density at radius 3 is 2.27 bits per heavy atom. The van der Waals surface area contributed by atoms with Gasteiger partial charge in [-0.3, -0.25) is 0 Å². The van der Waals surface area contributed by atoms with Crippen LogP contribution in [0.1, 0.15) is 40.0 Å². The van der Waals surface area contributed by atoms with E-state index in [1.807, 2.05) is 12.1 Å². The Kier molecular flexibility index (Phi) is 7.14. The highest BCUT2D eigenvalue weighted by Gasteiger charge is 2.23. The normalized spacial score (nSPS) is 14.6. The predicted octanol–water partition coefficient (Wildman–Crippen LogP) is 2.27. The number of hydroxylamine groups is 2. The number of rotatable bonds is 7. The minimum absolute atomic E-state index is 0.366. The Labute approximate surface area is 94.9 Å². The molecule has 92 valence electrons. The first kappa shape index (κ1) is 14.9. The Bertz CT molecular complexity index is 154. The van der Waals surface area contributed by atoms with Gasteiger partial charge in [0.25, 0.3) is 0 Å². The topological polar surface area (TPSA) is 38.5 Å². The van der Waals surface area contributed by atoms with Crippen LogP contribution in [0.4, 0.5) is 0 Å². The van der Waals surface area contributed by atoms with Crippen molar-refractivity contribution >= 4 is 0 Å². The van der Waals surface area contributed by atoms with Crippen LogP contribution >= 0.6 is 0 Å². The average Bonchev–Trinajstić information content (AvgIpc) is 2.14. The van der Waals surface area contributed by atoms with Gasteiger partial charge in [0.05, 0.1) is 7.11 Å². The molecule has 0 amide bonds. The third kappa shape index (κ3) is 6.88. The number of nitrogens with zero attached hydrogens (tertiary/aromatic N) is 1. The van der Waals surface area contributed by atoms with Gasteiger partial charge in [0.15, 0.2) is 0 Å². The van der Waals surface area contributed by atoms with E-state index in [-0.39, 0.29) is 0 Å². The second-order valence-corrected chi connectivity index (χ2v) is 5.32. The van der Waals surface area contributed by atoms with Crippen molar-refractivity contribution in [2.24, 2.45) is 17.1 Å². The first-order valence-corrected chi connectivity index (χ1v) is 5.87. The van der Waals surface area contributed by atoms with E-state index in [9.17, 15) is 0 Å². The molecule has 2 N–H and O–H groups in total. The molecule has 0 radical (unpaired) electrons. The lowest BCUT2D eigenvalue weighted by atomic mass is 9.76. The summed E-state index contributed by atoms with van der Waals surface area (Å²) in [4.78, 5) is 5.09. The lowest BCUT2D eigenvalue weighted by Gasteiger charge is -2.31. The van der Waals surface area contributed by atoms with Gasteiger partial charge in [-0.15, -0.1) is 0 Å². The fourth-order valence-corrected chi connectivity index (χ4v) is 1.86. The molecule has 15 heavy (non-hydrogen) atoms. The van der Waals surface area contributed by atoms with E-state index < -0.39 is 0 Å². The largest absolute Gasteiger partial charge is 0.330 e. The molecule has 0 saturated heterocycles. The molecule has 0 aromatic carbocycles. The zero-order valence-corrected chi connectivity index (χ0v) is 11.0. The molecule has 0 aliphatic rings. The van der Waals surface area contributed by atoms with Crippen LogP contribution in [0.2, 0.25) is 0 Å². The molecule has 0 spiro atoms. The van der Waals surface area contributed by atoms with Crippen molar-refractivity contribution in [3.63, 3.8) is 0 Å². The van der Waals surface area contributed by atoms with Gasteiger partial charge in [-0.1, -0.05) is 20.8 Å². The molecule has 0 bridgehead atoms. The van der Waals surface area contributed by atoms with E-state index in [0.717, 1.165) is 19.5 Å². The summed E-state index contributed by atoms with van der Waals surface area (Å²) >= 11 is 0. The molecule has 0 aliphatic heterocycles. The average molecular weight is 216 g/mol. The summed E-state index contributed by atoms with van der Waals surface area (Å²) < 4.78 is 0. The molecular formula is C12H28N2O. The first-order chi connectivity index (χ1) is 6.91. The first-order valence-electron chi connectivity index (χ1n) is 5.87. The summed E-state index contributed by atoms with van der Waals surface area (Å²) in [6.07, 6.45) is 3.53. The fourth-order valence-electron chi connectivity index (χ4n) is 1.86. The minimum Gasteiger partial charge on any atom is -0.330 e. The van der Waals surface area contributed by atoms with Gasteiger partial charge in [-0.25, -0.2) is 0 Å². The predicted molar refractivity (Wildman–Crippen MR) is 65.5 cm³/mol. The molecule has 0 aliphatic carbocycles. The van der Waals surface area contributed by atoms with Crippen molar-refractivity contribution in [1.82, 2.24) is 5.06 Å². The van der Waals surface area contributed by atoms with Gasteiger partial charge >= 0.3 is 0 Å². The highest BCUT2D eigenvalue weighted by atomic mass is 16.7. The van der Waals surface area contributed by atoms with Crippen LogP contribution < -0.4 is 5.73 Å². The highest BCUT2D eigenvalue weighted by Crippen LogP contribution is 2.31. The van der Waals surface area contributed by atoms with Crippen LogP contribution in [0.5, 0.6) is 0 Å². The highest BCUT2D eigenvalue weighted by molar-refractivity contribution is 4.74. The van der Waals surface area contributed by atoms with Crippen molar-refractivity contribution < 1.29 is 4.84 Å². The van der Waals surface area contributed by atoms with Gasteiger partial charge in [0.1, 0.15) is 0 Å². The molecule has 3 nitrogen and oxygen atoms in total. The summed E-state index contributed by atoms with van der Waals surface area (Å²) in [5, 5.41) is 1.88. The van der Waals surface area contributed by atoms with Crippen LogP contribution in [-0.2, 0) is 4.84 Å². The van der Waals surface area contributed by atoms with Crippen molar-refractivity contribution in [1.29, 1.82) is 0 Å². The molecule has 1 atom stereocenters. The summed E-state index contributed by atoms with van der Waals surface area (Å²) in [6.45, 7) is 8.68. The van der Waals surface area contributed by atoms with Gasteiger partial charge in [0, 0.05) is 13.6 Å². The maximum atomic E-state index is 5.65. The quantitative estimate of drug-likeness (QED) is 0.663. The summed E-state index contributed by atoms with van der Waals surface area (Å²) in [6, 6.07) is 0. The van der Waals surface area contributed by atoms with Crippen LogP contribution in [0.3, 0.4) is 0 Å². The number of nitrogens with two attached hydrogens (primary N) is 1. The molecule has 0 rings (SSSR count). The standard InChI is InChI=1S/C12H28N2O/c1-12(2,3)11(8-9-13)7-6-10-14(4)15-5/h11H,6-10,13H2,1-5H3. The molecule has 3 heteroatoms. The Hall–Kier alpha value is -0.120. The second kappa shape index (κ2) is 7.20. The monoisotopic (exact) mass is 216 g/mol. The van der Waals surface area contributed by atoms with Gasteiger partial charge in [-0.05, 0) is 37.1 Å². The van der Waals surface area contributed by atoms with Gasteiger partial charge < -0.3 is 10.6 Å². The van der Waals surface area contributed by atoms with Crippen molar-refractivity contribution in [2.45, 2.75) is 40.0 Å². The van der Waals surface area contributed by atoms with E-state index >= 15 is 0 Å². The third-order valence-corrected chi connectivity index (χ3v) is 3.08. The van der Waals surface area contributed by atoms with E-state index in [4.69, 9.17) is 10.6 Å². The van der Waals surface area contributed by atoms with Crippen LogP contribution in [0.25, 0.3) is 0 Å². The maximum Gasteiger partial charge on any atom is 0.0575 e. The molecule has 0 aromatic heterocycles. The molecule has 0 saturated carbocycles. The van der Waals surface area contributed by atoms with Crippen LogP contribution in [0, 0.1) is 11.3 Å². The van der Waals surface area contributed by atoms with Gasteiger partial charge in [0.2, 0.25) is 0 Å². The fraction of sp³-hybridized carbons (Fsp3) is 1.00. The van der Waals surface area contributed by atoms with Crippen LogP contribution in [-0.4, -0.2) is 32.3 Å².